The Bertz CT molecular complexity index is 1410. The van der Waals surface area contributed by atoms with Crippen molar-refractivity contribution in [3.8, 4) is 0 Å². The molecular weight excluding hydrogens is 430 g/mol. The number of aryl methyl sites for hydroxylation is 1. The number of nitrogens with zero attached hydrogens (tertiary/aromatic N) is 3. The van der Waals surface area contributed by atoms with Crippen LogP contribution >= 0.6 is 0 Å². The van der Waals surface area contributed by atoms with Crippen LogP contribution in [-0.4, -0.2) is 36.6 Å². The Morgan fingerprint density at radius 3 is 2.27 bits per heavy atom. The van der Waals surface area contributed by atoms with Crippen molar-refractivity contribution >= 4 is 43.7 Å². The van der Waals surface area contributed by atoms with Gasteiger partial charge < -0.3 is 4.57 Å². The summed E-state index contributed by atoms with van der Waals surface area (Å²) in [5.41, 5.74) is 4.22. The van der Waals surface area contributed by atoms with Gasteiger partial charge in [-0.05, 0) is 67.8 Å². The normalized spacial score (nSPS) is 16.0. The molecule has 1 fully saturated rings. The summed E-state index contributed by atoms with van der Waals surface area (Å²) in [6.45, 7) is 4.31. The zero-order valence-corrected chi connectivity index (χ0v) is 19.8. The fraction of sp³-hybridized carbons (Fsp3) is 0.296. The highest BCUT2D eigenvalue weighted by Gasteiger charge is 2.24. The third-order valence-corrected chi connectivity index (χ3v) is 8.43. The van der Waals surface area contributed by atoms with E-state index in [4.69, 9.17) is 0 Å². The van der Waals surface area contributed by atoms with Gasteiger partial charge >= 0.3 is 0 Å². The van der Waals surface area contributed by atoms with Gasteiger partial charge in [-0.25, -0.2) is 8.42 Å². The molecule has 0 bridgehead atoms. The Morgan fingerprint density at radius 2 is 1.55 bits per heavy atom. The third-order valence-electron chi connectivity index (χ3n) is 6.51. The van der Waals surface area contributed by atoms with Crippen LogP contribution in [0.4, 0.5) is 5.69 Å². The quantitative estimate of drug-likeness (QED) is 0.337. The molecule has 0 aliphatic carbocycles. The number of hydrogen-bond acceptors (Lipinski definition) is 3. The van der Waals surface area contributed by atoms with Crippen molar-refractivity contribution in [1.82, 2.24) is 8.87 Å². The van der Waals surface area contributed by atoms with E-state index in [1.165, 1.54) is 21.8 Å². The lowest BCUT2D eigenvalue weighted by molar-refractivity contribution is 0.424. The maximum absolute atomic E-state index is 13.0. The molecule has 5 nitrogen and oxygen atoms in total. The van der Waals surface area contributed by atoms with Crippen molar-refractivity contribution in [2.24, 2.45) is 4.99 Å². The molecule has 0 atom stereocenters. The molecule has 33 heavy (non-hydrogen) atoms. The Kier molecular flexibility index (Phi) is 6.04. The molecular formula is C27H29N3O2S. The van der Waals surface area contributed by atoms with Crippen LogP contribution in [0.15, 0.2) is 76.6 Å². The van der Waals surface area contributed by atoms with Gasteiger partial charge in [0, 0.05) is 47.7 Å². The Labute approximate surface area is 195 Å². The number of para-hydroxylation sites is 1. The fourth-order valence-corrected chi connectivity index (χ4v) is 6.29. The molecule has 1 saturated heterocycles. The van der Waals surface area contributed by atoms with Gasteiger partial charge in [0.2, 0.25) is 10.0 Å². The fourth-order valence-electron chi connectivity index (χ4n) is 4.78. The second-order valence-corrected chi connectivity index (χ2v) is 10.5. The summed E-state index contributed by atoms with van der Waals surface area (Å²) in [5, 5.41) is 2.46. The monoisotopic (exact) mass is 459 g/mol. The van der Waals surface area contributed by atoms with Crippen LogP contribution in [0.25, 0.3) is 21.8 Å². The summed E-state index contributed by atoms with van der Waals surface area (Å²) in [7, 11) is -3.44. The Hall–Kier alpha value is -2.96. The number of aliphatic imine (C=N–C) groups is 1. The van der Waals surface area contributed by atoms with Gasteiger partial charge in [-0.15, -0.1) is 0 Å². The molecule has 3 aromatic carbocycles. The van der Waals surface area contributed by atoms with Gasteiger partial charge in [0.1, 0.15) is 0 Å². The van der Waals surface area contributed by atoms with Gasteiger partial charge in [-0.1, -0.05) is 37.1 Å². The van der Waals surface area contributed by atoms with E-state index in [1.807, 2.05) is 6.21 Å². The molecule has 0 N–H and O–H groups in total. The number of sulfonamides is 1. The molecule has 0 unspecified atom stereocenters. The highest BCUT2D eigenvalue weighted by molar-refractivity contribution is 7.89. The smallest absolute Gasteiger partial charge is 0.243 e. The summed E-state index contributed by atoms with van der Waals surface area (Å²) in [6, 6.07) is 21.8. The number of hydrogen-bond donors (Lipinski definition) is 0. The summed E-state index contributed by atoms with van der Waals surface area (Å²) >= 11 is 0. The van der Waals surface area contributed by atoms with E-state index < -0.39 is 10.0 Å². The van der Waals surface area contributed by atoms with Gasteiger partial charge in [-0.3, -0.25) is 4.99 Å². The van der Waals surface area contributed by atoms with E-state index >= 15 is 0 Å². The highest BCUT2D eigenvalue weighted by atomic mass is 32.2. The van der Waals surface area contributed by atoms with Crippen molar-refractivity contribution < 1.29 is 8.42 Å². The van der Waals surface area contributed by atoms with Gasteiger partial charge in [0.25, 0.3) is 0 Å². The van der Waals surface area contributed by atoms with Gasteiger partial charge in [-0.2, -0.15) is 4.31 Å². The lowest BCUT2D eigenvalue weighted by Gasteiger charge is -2.19. The van der Waals surface area contributed by atoms with Gasteiger partial charge in [0.05, 0.1) is 10.6 Å². The molecule has 0 saturated carbocycles. The van der Waals surface area contributed by atoms with Crippen molar-refractivity contribution in [3.05, 3.63) is 72.3 Å². The SMILES string of the molecule is CCn1c2ccccc2c2cc(C=Nc3ccc(S(=O)(=O)N4CCCCCC4)cc3)ccc21. The standard InChI is InChI=1S/C27H29N3O2S/c1-2-30-26-10-6-5-9-24(26)25-19-21(11-16-27(25)30)20-28-22-12-14-23(15-13-22)33(31,32)29-17-7-3-4-8-18-29/h5-6,9-16,19-20H,2-4,7-8,17-18H2,1H3. The minimum absolute atomic E-state index is 0.345. The Balaban J connectivity index is 1.40. The van der Waals surface area contributed by atoms with Crippen molar-refractivity contribution in [2.45, 2.75) is 44.0 Å². The average molecular weight is 460 g/mol. The molecule has 1 aliphatic rings. The van der Waals surface area contributed by atoms with Crippen LogP contribution in [0.3, 0.4) is 0 Å². The van der Waals surface area contributed by atoms with E-state index in [2.05, 4.69) is 58.9 Å². The molecule has 2 heterocycles. The van der Waals surface area contributed by atoms with Crippen molar-refractivity contribution in [3.63, 3.8) is 0 Å². The van der Waals surface area contributed by atoms with Crippen LogP contribution < -0.4 is 0 Å². The van der Waals surface area contributed by atoms with E-state index in [0.717, 1.165) is 43.5 Å². The zero-order valence-electron chi connectivity index (χ0n) is 18.9. The minimum atomic E-state index is -3.44. The maximum atomic E-state index is 13.0. The third kappa shape index (κ3) is 4.21. The first-order valence-corrected chi connectivity index (χ1v) is 13.2. The number of fused-ring (bicyclic) bond motifs is 3. The highest BCUT2D eigenvalue weighted by Crippen LogP contribution is 2.29. The van der Waals surface area contributed by atoms with E-state index in [1.54, 1.807) is 28.6 Å². The molecule has 1 aliphatic heterocycles. The van der Waals surface area contributed by atoms with E-state index in [9.17, 15) is 8.42 Å². The molecule has 6 heteroatoms. The maximum Gasteiger partial charge on any atom is 0.243 e. The molecule has 0 amide bonds. The first-order chi connectivity index (χ1) is 16.1. The first kappa shape index (κ1) is 21.9. The number of rotatable bonds is 5. The summed E-state index contributed by atoms with van der Waals surface area (Å²) < 4.78 is 29.9. The molecule has 4 aromatic rings. The summed E-state index contributed by atoms with van der Waals surface area (Å²) in [5.74, 6) is 0. The predicted molar refractivity (Wildman–Crippen MR) is 136 cm³/mol. The Morgan fingerprint density at radius 1 is 0.848 bits per heavy atom. The second-order valence-electron chi connectivity index (χ2n) is 8.61. The van der Waals surface area contributed by atoms with Crippen molar-refractivity contribution in [2.75, 3.05) is 13.1 Å². The number of aromatic nitrogens is 1. The summed E-state index contributed by atoms with van der Waals surface area (Å²) in [4.78, 5) is 4.95. The van der Waals surface area contributed by atoms with Crippen LogP contribution in [0.1, 0.15) is 38.2 Å². The molecule has 1 aromatic heterocycles. The molecule has 0 radical (unpaired) electrons. The minimum Gasteiger partial charge on any atom is -0.341 e. The van der Waals surface area contributed by atoms with Crippen LogP contribution in [-0.2, 0) is 16.6 Å². The largest absolute Gasteiger partial charge is 0.341 e. The lowest BCUT2D eigenvalue weighted by Crippen LogP contribution is -2.31. The van der Waals surface area contributed by atoms with Crippen LogP contribution in [0.5, 0.6) is 0 Å². The second kappa shape index (κ2) is 9.12. The van der Waals surface area contributed by atoms with Gasteiger partial charge in [0.15, 0.2) is 0 Å². The topological polar surface area (TPSA) is 54.7 Å². The lowest BCUT2D eigenvalue weighted by atomic mass is 10.1. The predicted octanol–water partition coefficient (Wildman–Crippen LogP) is 6.13. The van der Waals surface area contributed by atoms with Crippen LogP contribution in [0, 0.1) is 0 Å². The summed E-state index contributed by atoms with van der Waals surface area (Å²) in [6.07, 6.45) is 5.91. The number of benzene rings is 3. The van der Waals surface area contributed by atoms with Crippen molar-refractivity contribution in [1.29, 1.82) is 0 Å². The average Bonchev–Trinajstić information content (AvgIpc) is 2.97. The molecule has 5 rings (SSSR count). The van der Waals surface area contributed by atoms with Crippen LogP contribution in [0.2, 0.25) is 0 Å². The van der Waals surface area contributed by atoms with E-state index in [0.29, 0.717) is 18.0 Å². The molecule has 170 valence electrons. The zero-order chi connectivity index (χ0) is 22.8. The first-order valence-electron chi connectivity index (χ1n) is 11.7. The molecule has 0 spiro atoms. The van der Waals surface area contributed by atoms with E-state index in [-0.39, 0.29) is 0 Å².